The molecule has 0 N–H and O–H groups in total. The first-order valence-corrected chi connectivity index (χ1v) is 6.08. The molecule has 1 unspecified atom stereocenters. The highest BCUT2D eigenvalue weighted by Gasteiger charge is 2.10. The zero-order valence-corrected chi connectivity index (χ0v) is 10.4. The van der Waals surface area contributed by atoms with Crippen LogP contribution < -0.4 is 4.74 Å². The van der Waals surface area contributed by atoms with E-state index in [0.717, 1.165) is 12.2 Å². The highest BCUT2D eigenvalue weighted by Crippen LogP contribution is 2.24. The van der Waals surface area contributed by atoms with Crippen LogP contribution in [0.25, 0.3) is 0 Å². The molecule has 2 aromatic rings. The summed E-state index contributed by atoms with van der Waals surface area (Å²) in [5.41, 5.74) is 2.49. The number of benzene rings is 2. The van der Waals surface area contributed by atoms with Crippen LogP contribution in [0.4, 0.5) is 0 Å². The van der Waals surface area contributed by atoms with Gasteiger partial charge in [0.25, 0.3) is 0 Å². The van der Waals surface area contributed by atoms with Crippen LogP contribution >= 0.6 is 0 Å². The van der Waals surface area contributed by atoms with Gasteiger partial charge in [0.15, 0.2) is 0 Å². The SMILES string of the molecule is CCC(Oc1ccc(C)cc1)c1ccccc1. The van der Waals surface area contributed by atoms with E-state index < -0.39 is 0 Å². The summed E-state index contributed by atoms with van der Waals surface area (Å²) in [5, 5.41) is 0. The lowest BCUT2D eigenvalue weighted by atomic mass is 10.1. The summed E-state index contributed by atoms with van der Waals surface area (Å²) in [6.07, 6.45) is 1.11. The number of ether oxygens (including phenoxy) is 1. The van der Waals surface area contributed by atoms with E-state index in [-0.39, 0.29) is 6.10 Å². The van der Waals surface area contributed by atoms with Gasteiger partial charge in [-0.2, -0.15) is 0 Å². The van der Waals surface area contributed by atoms with E-state index in [2.05, 4.69) is 50.2 Å². The van der Waals surface area contributed by atoms with E-state index in [1.807, 2.05) is 18.2 Å². The molecule has 0 heterocycles. The molecule has 0 spiro atoms. The highest BCUT2D eigenvalue weighted by molar-refractivity contribution is 5.28. The molecular formula is C16H18O. The number of rotatable bonds is 4. The third-order valence-corrected chi connectivity index (χ3v) is 2.84. The molecule has 1 heteroatoms. The van der Waals surface area contributed by atoms with Crippen LogP contribution in [0.1, 0.15) is 30.6 Å². The second-order valence-electron chi connectivity index (χ2n) is 4.24. The normalized spacial score (nSPS) is 12.1. The monoisotopic (exact) mass is 226 g/mol. The lowest BCUT2D eigenvalue weighted by Gasteiger charge is -2.18. The smallest absolute Gasteiger partial charge is 0.123 e. The van der Waals surface area contributed by atoms with Crippen LogP contribution in [0.3, 0.4) is 0 Å². The standard InChI is InChI=1S/C16H18O/c1-3-16(14-7-5-4-6-8-14)17-15-11-9-13(2)10-12-15/h4-12,16H,3H2,1-2H3. The third-order valence-electron chi connectivity index (χ3n) is 2.84. The topological polar surface area (TPSA) is 9.23 Å². The molecule has 0 aliphatic carbocycles. The van der Waals surface area contributed by atoms with Crippen molar-refractivity contribution in [2.75, 3.05) is 0 Å². The molecule has 1 atom stereocenters. The summed E-state index contributed by atoms with van der Waals surface area (Å²) in [4.78, 5) is 0. The molecule has 0 saturated carbocycles. The Morgan fingerprint density at radius 3 is 2.18 bits per heavy atom. The van der Waals surface area contributed by atoms with Crippen LogP contribution in [0.15, 0.2) is 54.6 Å². The predicted molar refractivity (Wildman–Crippen MR) is 71.3 cm³/mol. The molecule has 0 aromatic heterocycles. The molecule has 2 aromatic carbocycles. The minimum Gasteiger partial charge on any atom is -0.486 e. The Morgan fingerprint density at radius 1 is 0.941 bits per heavy atom. The van der Waals surface area contributed by atoms with E-state index in [4.69, 9.17) is 4.74 Å². The van der Waals surface area contributed by atoms with Gasteiger partial charge in [-0.3, -0.25) is 0 Å². The maximum atomic E-state index is 6.00. The second-order valence-corrected chi connectivity index (χ2v) is 4.24. The van der Waals surface area contributed by atoms with Crippen LogP contribution in [0.2, 0.25) is 0 Å². The molecule has 0 fully saturated rings. The Hall–Kier alpha value is -1.76. The van der Waals surface area contributed by atoms with Crippen molar-refractivity contribution in [3.05, 3.63) is 65.7 Å². The van der Waals surface area contributed by atoms with Gasteiger partial charge in [0, 0.05) is 0 Å². The molecule has 2 rings (SSSR count). The Bertz CT molecular complexity index is 445. The fourth-order valence-electron chi connectivity index (χ4n) is 1.84. The van der Waals surface area contributed by atoms with E-state index in [1.54, 1.807) is 0 Å². The van der Waals surface area contributed by atoms with Crippen molar-refractivity contribution in [3.63, 3.8) is 0 Å². The maximum absolute atomic E-state index is 6.00. The third kappa shape index (κ3) is 3.10. The number of aryl methyl sites for hydroxylation is 1. The summed E-state index contributed by atoms with van der Waals surface area (Å²) in [6.45, 7) is 4.23. The fourth-order valence-corrected chi connectivity index (χ4v) is 1.84. The summed E-state index contributed by atoms with van der Waals surface area (Å²) in [5.74, 6) is 0.936. The molecule has 0 aliphatic rings. The zero-order chi connectivity index (χ0) is 12.1. The Morgan fingerprint density at radius 2 is 1.59 bits per heavy atom. The van der Waals surface area contributed by atoms with E-state index in [0.29, 0.717) is 0 Å². The molecule has 17 heavy (non-hydrogen) atoms. The summed E-state index contributed by atoms with van der Waals surface area (Å²) in [7, 11) is 0. The van der Waals surface area contributed by atoms with Crippen LogP contribution in [0, 0.1) is 6.92 Å². The van der Waals surface area contributed by atoms with Crippen molar-refractivity contribution >= 4 is 0 Å². The van der Waals surface area contributed by atoms with Crippen molar-refractivity contribution in [2.24, 2.45) is 0 Å². The lowest BCUT2D eigenvalue weighted by molar-refractivity contribution is 0.201. The molecule has 1 nitrogen and oxygen atoms in total. The van der Waals surface area contributed by atoms with Gasteiger partial charge in [-0.25, -0.2) is 0 Å². The van der Waals surface area contributed by atoms with Crippen LogP contribution in [-0.2, 0) is 0 Å². The molecule has 0 bridgehead atoms. The summed E-state index contributed by atoms with van der Waals surface area (Å²) in [6, 6.07) is 18.6. The first-order valence-electron chi connectivity index (χ1n) is 6.08. The van der Waals surface area contributed by atoms with Crippen molar-refractivity contribution in [2.45, 2.75) is 26.4 Å². The van der Waals surface area contributed by atoms with E-state index in [1.165, 1.54) is 11.1 Å². The quantitative estimate of drug-likeness (QED) is 0.744. The summed E-state index contributed by atoms with van der Waals surface area (Å²) < 4.78 is 6.00. The van der Waals surface area contributed by atoms with Gasteiger partial charge >= 0.3 is 0 Å². The van der Waals surface area contributed by atoms with E-state index >= 15 is 0 Å². The van der Waals surface area contributed by atoms with Gasteiger partial charge in [0.05, 0.1) is 0 Å². The van der Waals surface area contributed by atoms with Crippen LogP contribution in [-0.4, -0.2) is 0 Å². The Labute approximate surface area is 103 Å². The van der Waals surface area contributed by atoms with Gasteiger partial charge in [-0.15, -0.1) is 0 Å². The van der Waals surface area contributed by atoms with Crippen molar-refractivity contribution in [1.29, 1.82) is 0 Å². The van der Waals surface area contributed by atoms with Crippen molar-refractivity contribution in [1.82, 2.24) is 0 Å². The zero-order valence-electron chi connectivity index (χ0n) is 10.4. The molecule has 0 aliphatic heterocycles. The van der Waals surface area contributed by atoms with Crippen molar-refractivity contribution in [3.8, 4) is 5.75 Å². The largest absolute Gasteiger partial charge is 0.486 e. The number of hydrogen-bond donors (Lipinski definition) is 0. The minimum atomic E-state index is 0.138. The fraction of sp³-hybridized carbons (Fsp3) is 0.250. The second kappa shape index (κ2) is 5.53. The molecular weight excluding hydrogens is 208 g/mol. The van der Waals surface area contributed by atoms with Crippen molar-refractivity contribution < 1.29 is 4.74 Å². The predicted octanol–water partition coefficient (Wildman–Crippen LogP) is 4.53. The Balaban J connectivity index is 2.13. The first kappa shape index (κ1) is 11.7. The lowest BCUT2D eigenvalue weighted by Crippen LogP contribution is -2.06. The first-order chi connectivity index (χ1) is 8.29. The van der Waals surface area contributed by atoms with Gasteiger partial charge < -0.3 is 4.74 Å². The minimum absolute atomic E-state index is 0.138. The summed E-state index contributed by atoms with van der Waals surface area (Å²) >= 11 is 0. The van der Waals surface area contributed by atoms with Gasteiger partial charge in [-0.1, -0.05) is 55.0 Å². The van der Waals surface area contributed by atoms with Gasteiger partial charge in [0.1, 0.15) is 11.9 Å². The highest BCUT2D eigenvalue weighted by atomic mass is 16.5. The molecule has 0 amide bonds. The van der Waals surface area contributed by atoms with Gasteiger partial charge in [0.2, 0.25) is 0 Å². The molecule has 88 valence electrons. The molecule has 0 radical (unpaired) electrons. The molecule has 0 saturated heterocycles. The van der Waals surface area contributed by atoms with E-state index in [9.17, 15) is 0 Å². The Kier molecular flexibility index (Phi) is 3.81. The maximum Gasteiger partial charge on any atom is 0.123 e. The van der Waals surface area contributed by atoms with Crippen LogP contribution in [0.5, 0.6) is 5.75 Å². The number of hydrogen-bond acceptors (Lipinski definition) is 1. The average Bonchev–Trinajstić information content (AvgIpc) is 2.39. The van der Waals surface area contributed by atoms with Gasteiger partial charge in [-0.05, 0) is 31.0 Å². The average molecular weight is 226 g/mol.